The first kappa shape index (κ1) is 12.7. The Hall–Kier alpha value is -1.28. The highest BCUT2D eigenvalue weighted by atomic mass is 14.9. The van der Waals surface area contributed by atoms with Gasteiger partial charge in [0.05, 0.1) is 0 Å². The molecule has 1 saturated carbocycles. The zero-order valence-corrected chi connectivity index (χ0v) is 12.0. The summed E-state index contributed by atoms with van der Waals surface area (Å²) in [7, 11) is 2.13. The smallest absolute Gasteiger partial charge is 0.0481 e. The molecule has 102 valence electrons. The Bertz CT molecular complexity index is 547. The first-order valence-corrected chi connectivity index (χ1v) is 7.50. The van der Waals surface area contributed by atoms with Gasteiger partial charge in [-0.05, 0) is 43.2 Å². The van der Waals surface area contributed by atoms with E-state index < -0.39 is 0 Å². The number of rotatable bonds is 3. The highest BCUT2D eigenvalue weighted by Crippen LogP contribution is 2.25. The van der Waals surface area contributed by atoms with E-state index in [1.807, 2.05) is 0 Å². The molecule has 0 radical (unpaired) electrons. The summed E-state index contributed by atoms with van der Waals surface area (Å²) in [4.78, 5) is 0. The molecule has 1 aromatic heterocycles. The van der Waals surface area contributed by atoms with Crippen LogP contribution in [0.4, 0.5) is 0 Å². The van der Waals surface area contributed by atoms with Crippen molar-refractivity contribution in [3.63, 3.8) is 0 Å². The van der Waals surface area contributed by atoms with E-state index in [4.69, 9.17) is 0 Å². The lowest BCUT2D eigenvalue weighted by molar-refractivity contribution is 0.307. The third-order valence-corrected chi connectivity index (χ3v) is 4.58. The molecule has 1 heterocycles. The van der Waals surface area contributed by atoms with Gasteiger partial charge in [-0.25, -0.2) is 0 Å². The van der Waals surface area contributed by atoms with Crippen molar-refractivity contribution < 1.29 is 0 Å². The number of benzene rings is 1. The SMILES string of the molecule is CC1CCC(NCc2cn(C)c3ccccc23)CC1. The second-order valence-corrected chi connectivity index (χ2v) is 6.12. The highest BCUT2D eigenvalue weighted by molar-refractivity contribution is 5.83. The summed E-state index contributed by atoms with van der Waals surface area (Å²) < 4.78 is 2.23. The van der Waals surface area contributed by atoms with Gasteiger partial charge >= 0.3 is 0 Å². The van der Waals surface area contributed by atoms with Crippen LogP contribution in [0.15, 0.2) is 30.5 Å². The molecule has 3 rings (SSSR count). The van der Waals surface area contributed by atoms with Crippen molar-refractivity contribution in [3.05, 3.63) is 36.0 Å². The predicted molar refractivity (Wildman–Crippen MR) is 81.2 cm³/mol. The van der Waals surface area contributed by atoms with Gasteiger partial charge in [0, 0.05) is 36.7 Å². The molecule has 2 nitrogen and oxygen atoms in total. The summed E-state index contributed by atoms with van der Waals surface area (Å²) >= 11 is 0. The monoisotopic (exact) mass is 256 g/mol. The summed E-state index contributed by atoms with van der Waals surface area (Å²) in [6.45, 7) is 3.38. The minimum Gasteiger partial charge on any atom is -0.350 e. The Kier molecular flexibility index (Phi) is 3.61. The van der Waals surface area contributed by atoms with Crippen molar-refractivity contribution >= 4 is 10.9 Å². The second-order valence-electron chi connectivity index (χ2n) is 6.12. The molecule has 0 amide bonds. The molecular formula is C17H24N2. The highest BCUT2D eigenvalue weighted by Gasteiger charge is 2.17. The molecular weight excluding hydrogens is 232 g/mol. The molecule has 2 aromatic rings. The number of nitrogens with zero attached hydrogens (tertiary/aromatic N) is 1. The van der Waals surface area contributed by atoms with Gasteiger partial charge in [0.1, 0.15) is 0 Å². The van der Waals surface area contributed by atoms with Crippen molar-refractivity contribution in [2.24, 2.45) is 13.0 Å². The molecule has 1 fully saturated rings. The van der Waals surface area contributed by atoms with Crippen LogP contribution in [0.2, 0.25) is 0 Å². The molecule has 0 unspecified atom stereocenters. The molecule has 0 aliphatic heterocycles. The third-order valence-electron chi connectivity index (χ3n) is 4.58. The fourth-order valence-corrected chi connectivity index (χ4v) is 3.28. The van der Waals surface area contributed by atoms with E-state index in [0.29, 0.717) is 0 Å². The Labute approximate surface area is 115 Å². The fraction of sp³-hybridized carbons (Fsp3) is 0.529. The van der Waals surface area contributed by atoms with Crippen molar-refractivity contribution in [1.82, 2.24) is 9.88 Å². The molecule has 1 aliphatic rings. The lowest BCUT2D eigenvalue weighted by Crippen LogP contribution is -2.32. The van der Waals surface area contributed by atoms with Gasteiger partial charge in [-0.15, -0.1) is 0 Å². The lowest BCUT2D eigenvalue weighted by Gasteiger charge is -2.27. The zero-order valence-electron chi connectivity index (χ0n) is 12.0. The largest absolute Gasteiger partial charge is 0.350 e. The van der Waals surface area contributed by atoms with Gasteiger partial charge in [-0.2, -0.15) is 0 Å². The maximum Gasteiger partial charge on any atom is 0.0481 e. The standard InChI is InChI=1S/C17H24N2/c1-13-7-9-15(10-8-13)18-11-14-12-19(2)17-6-4-3-5-16(14)17/h3-6,12-13,15,18H,7-11H2,1-2H3. The van der Waals surface area contributed by atoms with Crippen LogP contribution in [0.1, 0.15) is 38.2 Å². The molecule has 19 heavy (non-hydrogen) atoms. The molecule has 1 aliphatic carbocycles. The van der Waals surface area contributed by atoms with Crippen LogP contribution < -0.4 is 5.32 Å². The average molecular weight is 256 g/mol. The van der Waals surface area contributed by atoms with Crippen LogP contribution in [0, 0.1) is 5.92 Å². The van der Waals surface area contributed by atoms with Gasteiger partial charge in [-0.3, -0.25) is 0 Å². The first-order valence-electron chi connectivity index (χ1n) is 7.50. The van der Waals surface area contributed by atoms with Gasteiger partial charge in [0.25, 0.3) is 0 Å². The minimum atomic E-state index is 0.718. The third kappa shape index (κ3) is 2.69. The van der Waals surface area contributed by atoms with Crippen LogP contribution >= 0.6 is 0 Å². The number of nitrogens with one attached hydrogen (secondary N) is 1. The lowest BCUT2D eigenvalue weighted by atomic mass is 9.87. The van der Waals surface area contributed by atoms with Crippen LogP contribution in [0.25, 0.3) is 10.9 Å². The zero-order chi connectivity index (χ0) is 13.2. The predicted octanol–water partition coefficient (Wildman–Crippen LogP) is 3.85. The molecule has 1 N–H and O–H groups in total. The van der Waals surface area contributed by atoms with Crippen molar-refractivity contribution in [2.75, 3.05) is 0 Å². The quantitative estimate of drug-likeness (QED) is 0.882. The molecule has 0 bridgehead atoms. The molecule has 0 atom stereocenters. The number of fused-ring (bicyclic) bond motifs is 1. The maximum atomic E-state index is 3.75. The molecule has 1 aromatic carbocycles. The second kappa shape index (κ2) is 5.38. The van der Waals surface area contributed by atoms with E-state index in [0.717, 1.165) is 18.5 Å². The number of hydrogen-bond acceptors (Lipinski definition) is 1. The average Bonchev–Trinajstić information content (AvgIpc) is 2.76. The molecule has 0 saturated heterocycles. The Morgan fingerprint density at radius 3 is 2.68 bits per heavy atom. The van der Waals surface area contributed by atoms with Crippen LogP contribution in [0.5, 0.6) is 0 Å². The van der Waals surface area contributed by atoms with Crippen LogP contribution in [-0.2, 0) is 13.6 Å². The number of hydrogen-bond donors (Lipinski definition) is 1. The summed E-state index contributed by atoms with van der Waals surface area (Å²) in [6, 6.07) is 9.39. The van der Waals surface area contributed by atoms with Gasteiger partial charge < -0.3 is 9.88 Å². The molecule has 2 heteroatoms. The molecule has 0 spiro atoms. The summed E-state index contributed by atoms with van der Waals surface area (Å²) in [5.41, 5.74) is 2.76. The summed E-state index contributed by atoms with van der Waals surface area (Å²) in [5, 5.41) is 5.14. The van der Waals surface area contributed by atoms with Crippen molar-refractivity contribution in [1.29, 1.82) is 0 Å². The Morgan fingerprint density at radius 2 is 1.89 bits per heavy atom. The van der Waals surface area contributed by atoms with Crippen LogP contribution in [-0.4, -0.2) is 10.6 Å². The van der Waals surface area contributed by atoms with Crippen molar-refractivity contribution in [2.45, 2.75) is 45.2 Å². The van der Waals surface area contributed by atoms with Gasteiger partial charge in [0.2, 0.25) is 0 Å². The first-order chi connectivity index (χ1) is 9.24. The van der Waals surface area contributed by atoms with Gasteiger partial charge in [0.15, 0.2) is 0 Å². The Morgan fingerprint density at radius 1 is 1.16 bits per heavy atom. The van der Waals surface area contributed by atoms with E-state index >= 15 is 0 Å². The summed E-state index contributed by atoms with van der Waals surface area (Å²) in [6.07, 6.45) is 7.71. The number of aromatic nitrogens is 1. The maximum absolute atomic E-state index is 3.75. The fourth-order valence-electron chi connectivity index (χ4n) is 3.28. The normalized spacial score (nSPS) is 23.9. The topological polar surface area (TPSA) is 17.0 Å². The van der Waals surface area contributed by atoms with Crippen LogP contribution in [0.3, 0.4) is 0 Å². The number of aryl methyl sites for hydroxylation is 1. The Balaban J connectivity index is 1.69. The number of para-hydroxylation sites is 1. The van der Waals surface area contributed by atoms with E-state index in [2.05, 4.69) is 54.3 Å². The van der Waals surface area contributed by atoms with E-state index in [1.54, 1.807) is 0 Å². The van der Waals surface area contributed by atoms with Gasteiger partial charge in [-0.1, -0.05) is 25.1 Å². The van der Waals surface area contributed by atoms with E-state index in [1.165, 1.54) is 42.1 Å². The summed E-state index contributed by atoms with van der Waals surface area (Å²) in [5.74, 6) is 0.926. The minimum absolute atomic E-state index is 0.718. The van der Waals surface area contributed by atoms with Crippen molar-refractivity contribution in [3.8, 4) is 0 Å². The van der Waals surface area contributed by atoms with E-state index in [-0.39, 0.29) is 0 Å². The van der Waals surface area contributed by atoms with E-state index in [9.17, 15) is 0 Å².